The van der Waals surface area contributed by atoms with E-state index in [0.29, 0.717) is 11.8 Å². The van der Waals surface area contributed by atoms with E-state index >= 15 is 0 Å². The fourth-order valence-electron chi connectivity index (χ4n) is 4.71. The van der Waals surface area contributed by atoms with E-state index in [0.717, 1.165) is 31.2 Å². The highest BCUT2D eigenvalue weighted by molar-refractivity contribution is 7.89. The van der Waals surface area contributed by atoms with Crippen LogP contribution in [0.5, 0.6) is 0 Å². The standard InChI is InChI=1S/C17H21NO3S/c1-11-2-4-16(5-3-11)22(20,21)18-15-9-12-6-13(10-15)8-14(7-12)17(18)19/h2-5,12-15H,6-10H2,1H3/t12-,13+,14?,15?. The summed E-state index contributed by atoms with van der Waals surface area (Å²) in [5, 5.41) is 0. The molecule has 0 aromatic heterocycles. The molecule has 1 aromatic carbocycles. The van der Waals surface area contributed by atoms with E-state index in [2.05, 4.69) is 0 Å². The summed E-state index contributed by atoms with van der Waals surface area (Å²) in [4.78, 5) is 13.1. The van der Waals surface area contributed by atoms with Crippen molar-refractivity contribution in [1.29, 1.82) is 0 Å². The van der Waals surface area contributed by atoms with Gasteiger partial charge in [0, 0.05) is 12.0 Å². The summed E-state index contributed by atoms with van der Waals surface area (Å²) < 4.78 is 27.3. The number of carbonyl (C=O) groups excluding carboxylic acids is 1. The molecule has 1 amide bonds. The molecule has 2 saturated carbocycles. The predicted molar refractivity (Wildman–Crippen MR) is 82.6 cm³/mol. The minimum atomic E-state index is -3.72. The normalized spacial score (nSPS) is 34.0. The molecule has 4 nitrogen and oxygen atoms in total. The molecule has 5 heteroatoms. The fraction of sp³-hybridized carbons (Fsp3) is 0.588. The lowest BCUT2D eigenvalue weighted by molar-refractivity contribution is -0.131. The number of benzene rings is 1. The Hall–Kier alpha value is -1.36. The van der Waals surface area contributed by atoms with Crippen LogP contribution in [0.3, 0.4) is 0 Å². The molecule has 4 fully saturated rings. The maximum atomic E-state index is 13.0. The van der Waals surface area contributed by atoms with Gasteiger partial charge in [-0.05, 0) is 63.0 Å². The number of amides is 1. The molecule has 2 aliphatic carbocycles. The summed E-state index contributed by atoms with van der Waals surface area (Å²) in [5.74, 6) is 0.820. The van der Waals surface area contributed by atoms with Gasteiger partial charge in [0.25, 0.3) is 10.0 Å². The van der Waals surface area contributed by atoms with Crippen LogP contribution in [-0.2, 0) is 14.8 Å². The van der Waals surface area contributed by atoms with Crippen molar-refractivity contribution in [2.24, 2.45) is 17.8 Å². The molecule has 4 aliphatic rings. The molecule has 4 bridgehead atoms. The molecule has 4 atom stereocenters. The van der Waals surface area contributed by atoms with E-state index in [4.69, 9.17) is 0 Å². The third-order valence-corrected chi connectivity index (χ3v) is 7.45. The van der Waals surface area contributed by atoms with Gasteiger partial charge in [0.1, 0.15) is 0 Å². The zero-order valence-electron chi connectivity index (χ0n) is 12.7. The first-order chi connectivity index (χ1) is 10.4. The van der Waals surface area contributed by atoms with Crippen LogP contribution < -0.4 is 0 Å². The third-order valence-electron chi connectivity index (χ3n) is 5.59. The first-order valence-electron chi connectivity index (χ1n) is 8.10. The van der Waals surface area contributed by atoms with Crippen LogP contribution in [0.2, 0.25) is 0 Å². The Kier molecular flexibility index (Phi) is 3.12. The second-order valence-corrected chi connectivity index (χ2v) is 9.03. The van der Waals surface area contributed by atoms with Crippen molar-refractivity contribution in [3.8, 4) is 0 Å². The second-order valence-electron chi connectivity index (χ2n) is 7.21. The smallest absolute Gasteiger partial charge is 0.266 e. The van der Waals surface area contributed by atoms with Gasteiger partial charge in [-0.1, -0.05) is 17.7 Å². The van der Waals surface area contributed by atoms with Crippen LogP contribution in [0.4, 0.5) is 0 Å². The van der Waals surface area contributed by atoms with Crippen LogP contribution in [0, 0.1) is 24.7 Å². The number of sulfonamides is 1. The molecule has 0 spiro atoms. The van der Waals surface area contributed by atoms with Gasteiger partial charge in [0.05, 0.1) is 4.90 Å². The zero-order valence-corrected chi connectivity index (χ0v) is 13.6. The van der Waals surface area contributed by atoms with Crippen LogP contribution in [0.1, 0.15) is 37.7 Å². The number of carbonyl (C=O) groups is 1. The molecular formula is C17H21NO3S. The Morgan fingerprint density at radius 1 is 0.955 bits per heavy atom. The quantitative estimate of drug-likeness (QED) is 0.842. The van der Waals surface area contributed by atoms with Gasteiger partial charge < -0.3 is 0 Å². The Labute approximate surface area is 131 Å². The fourth-order valence-corrected chi connectivity index (χ4v) is 6.36. The van der Waals surface area contributed by atoms with E-state index in [9.17, 15) is 13.2 Å². The predicted octanol–water partition coefficient (Wildman–Crippen LogP) is 2.72. The summed E-state index contributed by atoms with van der Waals surface area (Å²) in [6.07, 6.45) is 4.64. The molecule has 2 heterocycles. The SMILES string of the molecule is Cc1ccc(S(=O)(=O)N2C(=O)C3C[C@@H]4CC2C[C@H](C3)C4)cc1. The largest absolute Gasteiger partial charge is 0.273 e. The van der Waals surface area contributed by atoms with Gasteiger partial charge in [0.15, 0.2) is 0 Å². The van der Waals surface area contributed by atoms with E-state index in [1.54, 1.807) is 24.3 Å². The van der Waals surface area contributed by atoms with Gasteiger partial charge in [-0.2, -0.15) is 0 Å². The van der Waals surface area contributed by atoms with E-state index < -0.39 is 10.0 Å². The minimum Gasteiger partial charge on any atom is -0.273 e. The summed E-state index contributed by atoms with van der Waals surface area (Å²) in [7, 11) is -3.72. The van der Waals surface area contributed by atoms with Crippen LogP contribution in [0.15, 0.2) is 29.2 Å². The van der Waals surface area contributed by atoms with Crippen LogP contribution in [0.25, 0.3) is 0 Å². The van der Waals surface area contributed by atoms with Crippen molar-refractivity contribution in [2.75, 3.05) is 0 Å². The highest BCUT2D eigenvalue weighted by atomic mass is 32.2. The topological polar surface area (TPSA) is 54.5 Å². The maximum Gasteiger partial charge on any atom is 0.266 e. The van der Waals surface area contributed by atoms with Gasteiger partial charge in [0.2, 0.25) is 5.91 Å². The lowest BCUT2D eigenvalue weighted by atomic mass is 9.68. The Morgan fingerprint density at radius 3 is 2.14 bits per heavy atom. The number of fused-ring (bicyclic) bond motifs is 1. The summed E-state index contributed by atoms with van der Waals surface area (Å²) in [6, 6.07) is 6.69. The van der Waals surface area contributed by atoms with Crippen molar-refractivity contribution in [3.05, 3.63) is 29.8 Å². The number of nitrogens with zero attached hydrogens (tertiary/aromatic N) is 1. The average molecular weight is 319 g/mol. The van der Waals surface area contributed by atoms with Crippen molar-refractivity contribution in [3.63, 3.8) is 0 Å². The number of rotatable bonds is 2. The molecule has 2 unspecified atom stereocenters. The first-order valence-corrected chi connectivity index (χ1v) is 9.54. The summed E-state index contributed by atoms with van der Waals surface area (Å²) >= 11 is 0. The maximum absolute atomic E-state index is 13.0. The highest BCUT2D eigenvalue weighted by Gasteiger charge is 2.50. The molecular weight excluding hydrogens is 298 g/mol. The monoisotopic (exact) mass is 319 g/mol. The van der Waals surface area contributed by atoms with E-state index in [1.807, 2.05) is 6.92 Å². The molecule has 0 N–H and O–H groups in total. The van der Waals surface area contributed by atoms with E-state index in [-0.39, 0.29) is 22.8 Å². The summed E-state index contributed by atoms with van der Waals surface area (Å²) in [6.45, 7) is 1.92. The third kappa shape index (κ3) is 2.09. The van der Waals surface area contributed by atoms with Gasteiger partial charge in [-0.15, -0.1) is 0 Å². The Morgan fingerprint density at radius 2 is 1.55 bits per heavy atom. The van der Waals surface area contributed by atoms with E-state index in [1.165, 1.54) is 10.7 Å². The van der Waals surface area contributed by atoms with Crippen molar-refractivity contribution < 1.29 is 13.2 Å². The molecule has 118 valence electrons. The molecule has 5 rings (SSSR count). The van der Waals surface area contributed by atoms with Crippen molar-refractivity contribution in [1.82, 2.24) is 4.31 Å². The molecule has 22 heavy (non-hydrogen) atoms. The zero-order chi connectivity index (χ0) is 15.5. The van der Waals surface area contributed by atoms with Gasteiger partial charge in [-0.25, -0.2) is 12.7 Å². The van der Waals surface area contributed by atoms with Crippen LogP contribution in [-0.4, -0.2) is 24.7 Å². The average Bonchev–Trinajstić information content (AvgIpc) is 2.61. The number of hydrogen-bond donors (Lipinski definition) is 0. The Balaban J connectivity index is 1.77. The first kappa shape index (κ1) is 14.2. The van der Waals surface area contributed by atoms with Crippen LogP contribution >= 0.6 is 0 Å². The molecule has 0 radical (unpaired) electrons. The van der Waals surface area contributed by atoms with Crippen molar-refractivity contribution >= 4 is 15.9 Å². The minimum absolute atomic E-state index is 0.0866. The molecule has 2 saturated heterocycles. The van der Waals surface area contributed by atoms with Gasteiger partial charge >= 0.3 is 0 Å². The second kappa shape index (κ2) is 4.82. The van der Waals surface area contributed by atoms with Gasteiger partial charge in [-0.3, -0.25) is 4.79 Å². The lowest BCUT2D eigenvalue weighted by Gasteiger charge is -2.38. The molecule has 1 aromatic rings. The highest BCUT2D eigenvalue weighted by Crippen LogP contribution is 2.49. The van der Waals surface area contributed by atoms with Crippen molar-refractivity contribution in [2.45, 2.75) is 50.0 Å². The number of aryl methyl sites for hydroxylation is 1. The Bertz CT molecular complexity index is 696. The molecule has 2 aliphatic heterocycles. The number of hydrogen-bond acceptors (Lipinski definition) is 3. The lowest BCUT2D eigenvalue weighted by Crippen LogP contribution is -2.45. The summed E-state index contributed by atoms with van der Waals surface area (Å²) in [5.41, 5.74) is 1.01.